The summed E-state index contributed by atoms with van der Waals surface area (Å²) in [6, 6.07) is 3.07. The minimum Gasteiger partial charge on any atom is -0.389 e. The van der Waals surface area contributed by atoms with Crippen LogP contribution in [0.25, 0.3) is 0 Å². The Kier molecular flexibility index (Phi) is 5.53. The molecule has 1 aromatic heterocycles. The molecule has 3 atom stereocenters. The van der Waals surface area contributed by atoms with Crippen molar-refractivity contribution in [2.75, 3.05) is 39.4 Å². The second-order valence-electron chi connectivity index (χ2n) is 6.75. The van der Waals surface area contributed by atoms with E-state index in [0.717, 1.165) is 5.56 Å². The van der Waals surface area contributed by atoms with E-state index in [2.05, 4.69) is 4.90 Å². The van der Waals surface area contributed by atoms with Crippen LogP contribution in [0.1, 0.15) is 5.56 Å². The van der Waals surface area contributed by atoms with Crippen LogP contribution >= 0.6 is 0 Å². The maximum absolute atomic E-state index is 12.4. The first kappa shape index (κ1) is 18.1. The number of hydrogen-bond donors (Lipinski definition) is 2. The summed E-state index contributed by atoms with van der Waals surface area (Å²) in [5.74, 6) is -0.0916. The number of carbonyl (C=O) groups is 1. The molecule has 8 heteroatoms. The van der Waals surface area contributed by atoms with Crippen LogP contribution in [0.2, 0.25) is 0 Å². The lowest BCUT2D eigenvalue weighted by Gasteiger charge is -2.43. The van der Waals surface area contributed by atoms with E-state index in [9.17, 15) is 19.8 Å². The first-order chi connectivity index (χ1) is 12.0. The van der Waals surface area contributed by atoms with Crippen LogP contribution in [0.15, 0.2) is 23.1 Å². The number of carbonyl (C=O) groups excluding carboxylic acids is 1. The number of pyridine rings is 1. The fourth-order valence-corrected chi connectivity index (χ4v) is 3.37. The third kappa shape index (κ3) is 4.09. The highest BCUT2D eigenvalue weighted by atomic mass is 16.5. The molecule has 3 rings (SSSR count). The molecule has 8 nitrogen and oxygen atoms in total. The molecule has 0 aromatic carbocycles. The van der Waals surface area contributed by atoms with Crippen LogP contribution in [0.5, 0.6) is 0 Å². The van der Waals surface area contributed by atoms with Crippen molar-refractivity contribution in [3.05, 3.63) is 34.2 Å². The number of amides is 1. The Labute approximate surface area is 146 Å². The Balaban J connectivity index is 1.55. The van der Waals surface area contributed by atoms with Gasteiger partial charge in [0.05, 0.1) is 25.4 Å². The smallest absolute Gasteiger partial charge is 0.251 e. The summed E-state index contributed by atoms with van der Waals surface area (Å²) >= 11 is 0. The second kappa shape index (κ2) is 7.65. The molecule has 1 aromatic rings. The van der Waals surface area contributed by atoms with Gasteiger partial charge in [0.2, 0.25) is 5.91 Å². The van der Waals surface area contributed by atoms with Gasteiger partial charge in [-0.05, 0) is 18.6 Å². The van der Waals surface area contributed by atoms with E-state index >= 15 is 0 Å². The monoisotopic (exact) mass is 351 g/mol. The van der Waals surface area contributed by atoms with Gasteiger partial charge in [0.25, 0.3) is 5.56 Å². The molecule has 138 valence electrons. The SMILES string of the molecule is Cc1ccn(CC(=O)N2CCN([C@@H]3COC[C@@H](O)[C@H]3O)CC2)c(=O)c1. The van der Waals surface area contributed by atoms with E-state index in [1.54, 1.807) is 11.1 Å². The van der Waals surface area contributed by atoms with Crippen molar-refractivity contribution in [1.29, 1.82) is 0 Å². The molecule has 0 unspecified atom stereocenters. The Hall–Kier alpha value is -1.74. The molecule has 3 heterocycles. The van der Waals surface area contributed by atoms with Gasteiger partial charge < -0.3 is 24.4 Å². The average Bonchev–Trinajstić information content (AvgIpc) is 2.60. The van der Waals surface area contributed by atoms with Gasteiger partial charge in [0.15, 0.2) is 0 Å². The van der Waals surface area contributed by atoms with Gasteiger partial charge in [0.1, 0.15) is 12.6 Å². The molecule has 0 aliphatic carbocycles. The topological polar surface area (TPSA) is 95.2 Å². The quantitative estimate of drug-likeness (QED) is 0.683. The van der Waals surface area contributed by atoms with E-state index < -0.39 is 12.2 Å². The van der Waals surface area contributed by atoms with Gasteiger partial charge in [-0.25, -0.2) is 0 Å². The summed E-state index contributed by atoms with van der Waals surface area (Å²) in [4.78, 5) is 28.1. The van der Waals surface area contributed by atoms with E-state index in [1.165, 1.54) is 10.6 Å². The summed E-state index contributed by atoms with van der Waals surface area (Å²) in [5, 5.41) is 19.9. The Morgan fingerprint density at radius 2 is 1.96 bits per heavy atom. The molecule has 2 N–H and O–H groups in total. The molecule has 1 amide bonds. The predicted octanol–water partition coefficient (Wildman–Crippen LogP) is -1.58. The zero-order chi connectivity index (χ0) is 18.0. The van der Waals surface area contributed by atoms with Crippen LogP contribution < -0.4 is 5.56 Å². The fraction of sp³-hybridized carbons (Fsp3) is 0.647. The number of aliphatic hydroxyl groups excluding tert-OH is 2. The molecule has 25 heavy (non-hydrogen) atoms. The minimum atomic E-state index is -0.869. The molecule has 0 spiro atoms. The van der Waals surface area contributed by atoms with Gasteiger partial charge >= 0.3 is 0 Å². The molecule has 0 bridgehead atoms. The molecule has 0 saturated carbocycles. The summed E-state index contributed by atoms with van der Waals surface area (Å²) in [7, 11) is 0. The van der Waals surface area contributed by atoms with Crippen molar-refractivity contribution >= 4 is 5.91 Å². The van der Waals surface area contributed by atoms with Gasteiger partial charge in [-0.15, -0.1) is 0 Å². The summed E-state index contributed by atoms with van der Waals surface area (Å²) in [6.07, 6.45) is -0.0582. The summed E-state index contributed by atoms with van der Waals surface area (Å²) in [6.45, 7) is 4.67. The summed E-state index contributed by atoms with van der Waals surface area (Å²) in [5.41, 5.74) is 0.696. The Bertz CT molecular complexity index is 668. The molecular formula is C17H25N3O5. The third-order valence-corrected chi connectivity index (χ3v) is 4.96. The van der Waals surface area contributed by atoms with Gasteiger partial charge in [0, 0.05) is 38.4 Å². The number of aliphatic hydroxyl groups is 2. The van der Waals surface area contributed by atoms with Crippen molar-refractivity contribution in [2.45, 2.75) is 31.7 Å². The first-order valence-electron chi connectivity index (χ1n) is 8.58. The average molecular weight is 351 g/mol. The van der Waals surface area contributed by atoms with Crippen LogP contribution in [0.4, 0.5) is 0 Å². The van der Waals surface area contributed by atoms with Gasteiger partial charge in [-0.3, -0.25) is 14.5 Å². The number of aromatic nitrogens is 1. The van der Waals surface area contributed by atoms with Crippen molar-refractivity contribution in [2.24, 2.45) is 0 Å². The molecule has 2 saturated heterocycles. The van der Waals surface area contributed by atoms with Crippen molar-refractivity contribution in [3.63, 3.8) is 0 Å². The first-order valence-corrected chi connectivity index (χ1v) is 8.58. The van der Waals surface area contributed by atoms with Crippen LogP contribution in [0, 0.1) is 6.92 Å². The van der Waals surface area contributed by atoms with Crippen LogP contribution in [0.3, 0.4) is 0 Å². The lowest BCUT2D eigenvalue weighted by molar-refractivity contribution is -0.145. The number of rotatable bonds is 3. The van der Waals surface area contributed by atoms with Crippen LogP contribution in [-0.2, 0) is 16.1 Å². The summed E-state index contributed by atoms with van der Waals surface area (Å²) < 4.78 is 6.74. The molecule has 2 aliphatic rings. The number of nitrogens with zero attached hydrogens (tertiary/aromatic N) is 3. The lowest BCUT2D eigenvalue weighted by Crippen LogP contribution is -2.61. The fourth-order valence-electron chi connectivity index (χ4n) is 3.37. The van der Waals surface area contributed by atoms with E-state index in [-0.39, 0.29) is 30.7 Å². The highest BCUT2D eigenvalue weighted by molar-refractivity contribution is 5.76. The number of hydrogen-bond acceptors (Lipinski definition) is 6. The normalized spacial score (nSPS) is 28.1. The molecular weight excluding hydrogens is 326 g/mol. The number of aryl methyl sites for hydroxylation is 1. The van der Waals surface area contributed by atoms with Crippen molar-refractivity contribution in [3.8, 4) is 0 Å². The zero-order valence-electron chi connectivity index (χ0n) is 14.4. The highest BCUT2D eigenvalue weighted by Crippen LogP contribution is 2.17. The van der Waals surface area contributed by atoms with Crippen molar-refractivity contribution < 1.29 is 19.7 Å². The highest BCUT2D eigenvalue weighted by Gasteiger charge is 2.37. The van der Waals surface area contributed by atoms with Crippen LogP contribution in [-0.4, -0.2) is 88.1 Å². The van der Waals surface area contributed by atoms with E-state index in [0.29, 0.717) is 32.8 Å². The van der Waals surface area contributed by atoms with E-state index in [4.69, 9.17) is 4.74 Å². The minimum absolute atomic E-state index is 0.0347. The third-order valence-electron chi connectivity index (χ3n) is 4.96. The zero-order valence-corrected chi connectivity index (χ0v) is 14.4. The lowest BCUT2D eigenvalue weighted by atomic mass is 10.0. The standard InChI is InChI=1S/C17H25N3O5/c1-12-2-3-20(15(22)8-12)9-16(23)19-6-4-18(5-7-19)13-10-25-11-14(21)17(13)24/h2-3,8,13-14,17,21,24H,4-7,9-11H2,1H3/t13-,14-,17+/m1/s1. The maximum atomic E-state index is 12.4. The second-order valence-corrected chi connectivity index (χ2v) is 6.75. The van der Waals surface area contributed by atoms with Gasteiger partial charge in [-0.2, -0.15) is 0 Å². The number of ether oxygens (including phenoxy) is 1. The largest absolute Gasteiger partial charge is 0.389 e. The number of piperazine rings is 1. The molecule has 2 fully saturated rings. The predicted molar refractivity (Wildman–Crippen MR) is 90.2 cm³/mol. The Morgan fingerprint density at radius 1 is 1.24 bits per heavy atom. The van der Waals surface area contributed by atoms with E-state index in [1.807, 2.05) is 13.0 Å². The van der Waals surface area contributed by atoms with Crippen molar-refractivity contribution in [1.82, 2.24) is 14.4 Å². The molecule has 0 radical (unpaired) electrons. The van der Waals surface area contributed by atoms with Gasteiger partial charge in [-0.1, -0.05) is 0 Å². The Morgan fingerprint density at radius 3 is 2.64 bits per heavy atom. The molecule has 2 aliphatic heterocycles. The maximum Gasteiger partial charge on any atom is 0.251 e.